The number of H-pyrrole nitrogens is 1. The zero-order valence-corrected chi connectivity index (χ0v) is 13.7. The smallest absolute Gasteiger partial charge is 0.307 e. The first-order valence-electron chi connectivity index (χ1n) is 7.79. The molecule has 0 radical (unpaired) electrons. The first kappa shape index (κ1) is 14.8. The summed E-state index contributed by atoms with van der Waals surface area (Å²) in [7, 11) is 0. The third kappa shape index (κ3) is 2.65. The predicted molar refractivity (Wildman–Crippen MR) is 96.8 cm³/mol. The van der Waals surface area contributed by atoms with Crippen LogP contribution >= 0.6 is 11.3 Å². The fourth-order valence-corrected chi connectivity index (χ4v) is 3.83. The molecule has 0 aliphatic heterocycles. The first-order chi connectivity index (χ1) is 11.7. The number of thiazole rings is 1. The monoisotopic (exact) mass is 337 g/mol. The van der Waals surface area contributed by atoms with Crippen LogP contribution in [0.3, 0.4) is 0 Å². The number of benzene rings is 2. The summed E-state index contributed by atoms with van der Waals surface area (Å²) >= 11 is 1.66. The van der Waals surface area contributed by atoms with Gasteiger partial charge < -0.3 is 4.98 Å². The van der Waals surface area contributed by atoms with Crippen molar-refractivity contribution in [3.63, 3.8) is 0 Å². The Labute approximate surface area is 141 Å². The molecule has 2 heterocycles. The van der Waals surface area contributed by atoms with E-state index < -0.39 is 0 Å². The van der Waals surface area contributed by atoms with Crippen LogP contribution in [0.5, 0.6) is 0 Å². The van der Waals surface area contributed by atoms with Gasteiger partial charge in [0.25, 0.3) is 5.56 Å². The average Bonchev–Trinajstić information content (AvgIpc) is 3.00. The molecule has 0 amide bonds. The highest BCUT2D eigenvalue weighted by Crippen LogP contribution is 2.22. The highest BCUT2D eigenvalue weighted by Gasteiger charge is 2.08. The van der Waals surface area contributed by atoms with Crippen LogP contribution in [0.1, 0.15) is 11.4 Å². The van der Waals surface area contributed by atoms with E-state index in [9.17, 15) is 9.59 Å². The summed E-state index contributed by atoms with van der Waals surface area (Å²) in [6.07, 6.45) is 1.44. The van der Waals surface area contributed by atoms with Gasteiger partial charge in [0.05, 0.1) is 26.1 Å². The summed E-state index contributed by atoms with van der Waals surface area (Å²) in [6, 6.07) is 15.1. The maximum Gasteiger partial charge on any atom is 0.328 e. The Morgan fingerprint density at radius 1 is 1.04 bits per heavy atom. The minimum absolute atomic E-state index is 0.237. The molecule has 0 bridgehead atoms. The van der Waals surface area contributed by atoms with Gasteiger partial charge in [-0.1, -0.05) is 24.3 Å². The highest BCUT2D eigenvalue weighted by atomic mass is 32.1. The number of nitrogens with zero attached hydrogens (tertiary/aromatic N) is 2. The molecule has 0 fully saturated rings. The molecule has 6 heteroatoms. The largest absolute Gasteiger partial charge is 0.328 e. The van der Waals surface area contributed by atoms with E-state index in [1.54, 1.807) is 35.6 Å². The molecule has 0 aliphatic rings. The lowest BCUT2D eigenvalue weighted by Crippen LogP contribution is -2.35. The van der Waals surface area contributed by atoms with E-state index in [0.29, 0.717) is 23.9 Å². The quantitative estimate of drug-likeness (QED) is 0.622. The van der Waals surface area contributed by atoms with Crippen LogP contribution in [-0.4, -0.2) is 14.5 Å². The third-order valence-corrected chi connectivity index (χ3v) is 5.10. The number of aromatic nitrogens is 3. The van der Waals surface area contributed by atoms with Crippen LogP contribution in [0.4, 0.5) is 0 Å². The van der Waals surface area contributed by atoms with Crippen LogP contribution in [0, 0.1) is 0 Å². The number of para-hydroxylation sites is 2. The molecule has 0 aliphatic carbocycles. The maximum atomic E-state index is 12.5. The van der Waals surface area contributed by atoms with Crippen molar-refractivity contribution in [2.75, 3.05) is 0 Å². The second-order valence-corrected chi connectivity index (χ2v) is 6.73. The number of aromatic amines is 1. The van der Waals surface area contributed by atoms with E-state index in [-0.39, 0.29) is 11.2 Å². The molecule has 2 aromatic heterocycles. The zero-order chi connectivity index (χ0) is 16.5. The zero-order valence-electron chi connectivity index (χ0n) is 12.9. The van der Waals surface area contributed by atoms with Gasteiger partial charge in [-0.2, -0.15) is 0 Å². The molecular formula is C18H15N3O2S. The Kier molecular flexibility index (Phi) is 3.74. The first-order valence-corrected chi connectivity index (χ1v) is 8.60. The summed E-state index contributed by atoms with van der Waals surface area (Å²) < 4.78 is 2.43. The van der Waals surface area contributed by atoms with Crippen LogP contribution in [-0.2, 0) is 13.0 Å². The normalized spacial score (nSPS) is 11.3. The lowest BCUT2D eigenvalue weighted by molar-refractivity contribution is 0.596. The summed E-state index contributed by atoms with van der Waals surface area (Å²) in [4.78, 5) is 31.9. The summed E-state index contributed by atoms with van der Waals surface area (Å²) in [5.74, 6) is 0. The van der Waals surface area contributed by atoms with Crippen molar-refractivity contribution < 1.29 is 0 Å². The molecule has 0 spiro atoms. The molecule has 1 N–H and O–H groups in total. The number of rotatable bonds is 4. The molecule has 0 saturated carbocycles. The van der Waals surface area contributed by atoms with Crippen molar-refractivity contribution in [1.82, 2.24) is 14.5 Å². The number of aryl methyl sites for hydroxylation is 1. The molecule has 4 rings (SSSR count). The van der Waals surface area contributed by atoms with Crippen molar-refractivity contribution in [3.05, 3.63) is 74.4 Å². The fourth-order valence-electron chi connectivity index (χ4n) is 2.82. The summed E-state index contributed by atoms with van der Waals surface area (Å²) in [5, 5.41) is 1.57. The lowest BCUT2D eigenvalue weighted by atomic mass is 10.2. The molecular weight excluding hydrogens is 322 g/mol. The van der Waals surface area contributed by atoms with Crippen molar-refractivity contribution in [3.8, 4) is 0 Å². The predicted octanol–water partition coefficient (Wildman–Crippen LogP) is 2.93. The molecule has 0 unspecified atom stereocenters. The summed E-state index contributed by atoms with van der Waals surface area (Å²) in [6.45, 7) is 0.384. The topological polar surface area (TPSA) is 67.8 Å². The van der Waals surface area contributed by atoms with E-state index in [4.69, 9.17) is 0 Å². The van der Waals surface area contributed by atoms with Gasteiger partial charge in [0, 0.05) is 13.0 Å². The van der Waals surface area contributed by atoms with E-state index in [1.165, 1.54) is 4.57 Å². The second kappa shape index (κ2) is 6.05. The number of hydrogen-bond acceptors (Lipinski definition) is 4. The van der Waals surface area contributed by atoms with Gasteiger partial charge in [-0.3, -0.25) is 9.36 Å². The molecule has 24 heavy (non-hydrogen) atoms. The maximum absolute atomic E-state index is 12.5. The number of hydrogen-bond donors (Lipinski definition) is 1. The van der Waals surface area contributed by atoms with Gasteiger partial charge in [-0.15, -0.1) is 11.3 Å². The minimum Gasteiger partial charge on any atom is -0.307 e. The van der Waals surface area contributed by atoms with Crippen LogP contribution in [0.15, 0.2) is 58.1 Å². The van der Waals surface area contributed by atoms with Gasteiger partial charge in [-0.25, -0.2) is 9.78 Å². The molecule has 2 aromatic carbocycles. The standard InChI is InChI=1S/C18H15N3O2S/c22-17-12-6-1-2-7-13(12)20-18(23)21(17)11-5-10-16-19-14-8-3-4-9-15(14)24-16/h1-4,6-9H,5,10-11H2,(H,20,23). The lowest BCUT2D eigenvalue weighted by Gasteiger charge is -2.05. The summed E-state index contributed by atoms with van der Waals surface area (Å²) in [5.41, 5.74) is 0.981. The Bertz CT molecular complexity index is 1110. The Balaban J connectivity index is 1.56. The van der Waals surface area contributed by atoms with Crippen LogP contribution < -0.4 is 11.2 Å². The van der Waals surface area contributed by atoms with Gasteiger partial charge in [0.1, 0.15) is 0 Å². The van der Waals surface area contributed by atoms with E-state index in [0.717, 1.165) is 21.6 Å². The second-order valence-electron chi connectivity index (χ2n) is 5.61. The van der Waals surface area contributed by atoms with Gasteiger partial charge in [-0.05, 0) is 30.7 Å². The van der Waals surface area contributed by atoms with Crippen LogP contribution in [0.25, 0.3) is 21.1 Å². The molecule has 120 valence electrons. The van der Waals surface area contributed by atoms with Crippen molar-refractivity contribution >= 4 is 32.5 Å². The SMILES string of the molecule is O=c1[nH]c2ccccc2c(=O)n1CCCc1nc2ccccc2s1. The van der Waals surface area contributed by atoms with E-state index in [1.807, 2.05) is 18.2 Å². The number of nitrogens with one attached hydrogen (secondary N) is 1. The molecule has 4 aromatic rings. The minimum atomic E-state index is -0.358. The van der Waals surface area contributed by atoms with Gasteiger partial charge in [0.2, 0.25) is 0 Å². The van der Waals surface area contributed by atoms with E-state index in [2.05, 4.69) is 16.0 Å². The molecule has 0 atom stereocenters. The van der Waals surface area contributed by atoms with Gasteiger partial charge >= 0.3 is 5.69 Å². The van der Waals surface area contributed by atoms with Gasteiger partial charge in [0.15, 0.2) is 0 Å². The Hall–Kier alpha value is -2.73. The fraction of sp³-hybridized carbons (Fsp3) is 0.167. The number of fused-ring (bicyclic) bond motifs is 2. The molecule has 0 saturated heterocycles. The third-order valence-electron chi connectivity index (χ3n) is 4.00. The Morgan fingerprint density at radius 3 is 2.71 bits per heavy atom. The molecule has 5 nitrogen and oxygen atoms in total. The van der Waals surface area contributed by atoms with Crippen molar-refractivity contribution in [2.45, 2.75) is 19.4 Å². The van der Waals surface area contributed by atoms with E-state index >= 15 is 0 Å². The van der Waals surface area contributed by atoms with Crippen LogP contribution in [0.2, 0.25) is 0 Å². The van der Waals surface area contributed by atoms with Crippen molar-refractivity contribution in [1.29, 1.82) is 0 Å². The van der Waals surface area contributed by atoms with Crippen molar-refractivity contribution in [2.24, 2.45) is 0 Å². The average molecular weight is 337 g/mol. The highest BCUT2D eigenvalue weighted by molar-refractivity contribution is 7.18. The Morgan fingerprint density at radius 2 is 1.83 bits per heavy atom.